The average molecular weight is 507 g/mol. The zero-order valence-electron chi connectivity index (χ0n) is 20.6. The van der Waals surface area contributed by atoms with E-state index in [0.29, 0.717) is 11.4 Å². The molecule has 6 N–H and O–H groups in total. The van der Waals surface area contributed by atoms with Crippen LogP contribution in [0.15, 0.2) is 54.7 Å². The monoisotopic (exact) mass is 506 g/mol. The molecule has 0 radical (unpaired) electrons. The van der Waals surface area contributed by atoms with Crippen LogP contribution in [0.2, 0.25) is 0 Å². The highest BCUT2D eigenvalue weighted by Gasteiger charge is 2.40. The molecule has 0 saturated carbocycles. The maximum atomic E-state index is 13.2. The number of likely N-dealkylation sites (tertiary alicyclic amines) is 1. The first kappa shape index (κ1) is 25.5. The van der Waals surface area contributed by atoms with E-state index < -0.39 is 36.0 Å². The zero-order valence-corrected chi connectivity index (χ0v) is 20.6. The van der Waals surface area contributed by atoms with Crippen molar-refractivity contribution in [3.8, 4) is 5.75 Å². The summed E-state index contributed by atoms with van der Waals surface area (Å²) in [6.45, 7) is 1.52. The number of hydrogen-bond donors (Lipinski definition) is 5. The fourth-order valence-electron chi connectivity index (χ4n) is 4.58. The van der Waals surface area contributed by atoms with Gasteiger partial charge in [-0.1, -0.05) is 18.2 Å². The Morgan fingerprint density at radius 3 is 2.54 bits per heavy atom. The quantitative estimate of drug-likeness (QED) is 0.313. The van der Waals surface area contributed by atoms with Crippen LogP contribution in [0.1, 0.15) is 18.9 Å². The lowest BCUT2D eigenvalue weighted by molar-refractivity contribution is -0.137. The Hall–Kier alpha value is -4.54. The minimum absolute atomic E-state index is 0.160. The van der Waals surface area contributed by atoms with E-state index in [0.717, 1.165) is 16.5 Å². The molecule has 1 aliphatic heterocycles. The largest absolute Gasteiger partial charge is 0.497 e. The summed E-state index contributed by atoms with van der Waals surface area (Å²) < 4.78 is 5.11. The van der Waals surface area contributed by atoms with E-state index in [1.54, 1.807) is 37.6 Å². The third kappa shape index (κ3) is 6.00. The van der Waals surface area contributed by atoms with Crippen molar-refractivity contribution in [1.82, 2.24) is 20.5 Å². The van der Waals surface area contributed by atoms with Crippen molar-refractivity contribution >= 4 is 40.3 Å². The molecule has 1 saturated heterocycles. The predicted molar refractivity (Wildman–Crippen MR) is 138 cm³/mol. The average Bonchev–Trinajstić information content (AvgIpc) is 3.48. The first-order valence-corrected chi connectivity index (χ1v) is 11.9. The second-order valence-corrected chi connectivity index (χ2v) is 8.97. The fraction of sp³-hybridized carbons (Fsp3) is 0.308. The number of urea groups is 1. The Balaban J connectivity index is 1.39. The highest BCUT2D eigenvalue weighted by atomic mass is 16.5. The number of carbonyl (C=O) groups is 4. The normalized spacial score (nSPS) is 17.7. The van der Waals surface area contributed by atoms with Crippen molar-refractivity contribution in [2.75, 3.05) is 19.0 Å². The molecular formula is C26H30N6O5. The highest BCUT2D eigenvalue weighted by molar-refractivity contribution is 5.93. The summed E-state index contributed by atoms with van der Waals surface area (Å²) in [5.41, 5.74) is 7.92. The van der Waals surface area contributed by atoms with Crippen LogP contribution < -0.4 is 26.4 Å². The number of aromatic nitrogens is 1. The number of primary amides is 1. The first-order valence-electron chi connectivity index (χ1n) is 11.9. The molecule has 11 nitrogen and oxygen atoms in total. The Morgan fingerprint density at radius 1 is 1.14 bits per heavy atom. The van der Waals surface area contributed by atoms with Crippen LogP contribution in [-0.4, -0.2) is 65.4 Å². The van der Waals surface area contributed by atoms with Gasteiger partial charge in [0.15, 0.2) is 0 Å². The smallest absolute Gasteiger partial charge is 0.319 e. The number of para-hydroxylation sites is 1. The Labute approximate surface area is 213 Å². The Morgan fingerprint density at radius 2 is 1.86 bits per heavy atom. The van der Waals surface area contributed by atoms with Crippen LogP contribution in [0.3, 0.4) is 0 Å². The number of carbonyl (C=O) groups excluding carboxylic acids is 4. The van der Waals surface area contributed by atoms with E-state index in [-0.39, 0.29) is 25.3 Å². The van der Waals surface area contributed by atoms with Gasteiger partial charge in [-0.05, 0) is 42.3 Å². The molecule has 37 heavy (non-hydrogen) atoms. The van der Waals surface area contributed by atoms with Gasteiger partial charge in [-0.25, -0.2) is 4.79 Å². The van der Waals surface area contributed by atoms with Gasteiger partial charge in [0.2, 0.25) is 17.7 Å². The number of H-pyrrole nitrogens is 1. The summed E-state index contributed by atoms with van der Waals surface area (Å²) in [6, 6.07) is 11.7. The number of benzene rings is 2. The number of anilines is 1. The SMILES string of the molecule is COc1ccc(NC(=O)N[C@H]2C[C@@H](C(=O)N[C@H](Cc3c[nH]c4ccccc34)C(N)=O)N(C(C)=O)C2)cc1. The number of hydrogen-bond acceptors (Lipinski definition) is 5. The molecule has 1 aromatic heterocycles. The van der Waals surface area contributed by atoms with Gasteiger partial charge in [0.05, 0.1) is 13.2 Å². The van der Waals surface area contributed by atoms with E-state index in [1.165, 1.54) is 11.8 Å². The Bertz CT molecular complexity index is 1300. The molecule has 0 bridgehead atoms. The summed E-state index contributed by atoms with van der Waals surface area (Å²) in [5.74, 6) is -0.836. The fourth-order valence-corrected chi connectivity index (χ4v) is 4.58. The number of nitrogens with two attached hydrogens (primary N) is 1. The molecular weight excluding hydrogens is 476 g/mol. The number of ether oxygens (including phenoxy) is 1. The Kier molecular flexibility index (Phi) is 7.61. The maximum absolute atomic E-state index is 13.2. The summed E-state index contributed by atoms with van der Waals surface area (Å²) in [5, 5.41) is 9.17. The predicted octanol–water partition coefficient (Wildman–Crippen LogP) is 1.50. The summed E-state index contributed by atoms with van der Waals surface area (Å²) in [4.78, 5) is 54.7. The van der Waals surface area contributed by atoms with Gasteiger partial charge in [0.25, 0.3) is 0 Å². The van der Waals surface area contributed by atoms with Crippen LogP contribution in [0.4, 0.5) is 10.5 Å². The molecule has 1 aliphatic rings. The van der Waals surface area contributed by atoms with Crippen LogP contribution in [0.5, 0.6) is 5.75 Å². The van der Waals surface area contributed by atoms with Crippen molar-refractivity contribution in [1.29, 1.82) is 0 Å². The van der Waals surface area contributed by atoms with Crippen LogP contribution in [-0.2, 0) is 20.8 Å². The second-order valence-electron chi connectivity index (χ2n) is 8.97. The van der Waals surface area contributed by atoms with Gasteiger partial charge in [-0.15, -0.1) is 0 Å². The van der Waals surface area contributed by atoms with Gasteiger partial charge in [-0.2, -0.15) is 0 Å². The number of amides is 5. The van der Waals surface area contributed by atoms with E-state index in [1.807, 2.05) is 24.3 Å². The van der Waals surface area contributed by atoms with Crippen molar-refractivity contribution in [3.05, 3.63) is 60.3 Å². The molecule has 194 valence electrons. The topological polar surface area (TPSA) is 159 Å². The van der Waals surface area contributed by atoms with Gasteiger partial charge >= 0.3 is 6.03 Å². The first-order chi connectivity index (χ1) is 17.7. The van der Waals surface area contributed by atoms with E-state index in [2.05, 4.69) is 20.9 Å². The zero-order chi connectivity index (χ0) is 26.5. The van der Waals surface area contributed by atoms with Gasteiger partial charge in [-0.3, -0.25) is 14.4 Å². The third-order valence-corrected chi connectivity index (χ3v) is 6.45. The van der Waals surface area contributed by atoms with Crippen molar-refractivity contribution in [2.45, 2.75) is 37.9 Å². The maximum Gasteiger partial charge on any atom is 0.319 e. The number of rotatable bonds is 8. The minimum atomic E-state index is -0.967. The molecule has 11 heteroatoms. The number of methoxy groups -OCH3 is 1. The van der Waals surface area contributed by atoms with Crippen LogP contribution >= 0.6 is 0 Å². The van der Waals surface area contributed by atoms with E-state index in [4.69, 9.17) is 10.5 Å². The molecule has 0 unspecified atom stereocenters. The summed E-state index contributed by atoms with van der Waals surface area (Å²) >= 11 is 0. The summed E-state index contributed by atoms with van der Waals surface area (Å²) in [7, 11) is 1.55. The number of fused-ring (bicyclic) bond motifs is 1. The molecule has 0 aliphatic carbocycles. The number of aromatic amines is 1. The number of nitrogens with one attached hydrogen (secondary N) is 4. The standard InChI is InChI=1S/C26H30N6O5/c1-15(33)32-14-18(30-26(36)29-17-7-9-19(37-2)10-8-17)12-23(32)25(35)31-22(24(27)34)11-16-13-28-21-6-4-3-5-20(16)21/h3-10,13,18,22-23,28H,11-12,14H2,1-2H3,(H2,27,34)(H,31,35)(H2,29,30,36)/t18-,22+,23-/m0/s1. The lowest BCUT2D eigenvalue weighted by atomic mass is 10.0. The molecule has 3 aromatic rings. The lowest BCUT2D eigenvalue weighted by Gasteiger charge is -2.24. The highest BCUT2D eigenvalue weighted by Crippen LogP contribution is 2.22. The third-order valence-electron chi connectivity index (χ3n) is 6.45. The molecule has 2 heterocycles. The van der Waals surface area contributed by atoms with Crippen molar-refractivity contribution in [3.63, 3.8) is 0 Å². The van der Waals surface area contributed by atoms with Gasteiger partial charge in [0.1, 0.15) is 17.8 Å². The lowest BCUT2D eigenvalue weighted by Crippen LogP contribution is -2.52. The minimum Gasteiger partial charge on any atom is -0.497 e. The molecule has 1 fully saturated rings. The van der Waals surface area contributed by atoms with Crippen LogP contribution in [0, 0.1) is 0 Å². The summed E-state index contributed by atoms with van der Waals surface area (Å²) in [6.07, 6.45) is 2.18. The van der Waals surface area contributed by atoms with E-state index >= 15 is 0 Å². The molecule has 5 amide bonds. The van der Waals surface area contributed by atoms with Gasteiger partial charge in [0, 0.05) is 42.7 Å². The van der Waals surface area contributed by atoms with Crippen molar-refractivity contribution < 1.29 is 23.9 Å². The second kappa shape index (κ2) is 11.0. The van der Waals surface area contributed by atoms with Gasteiger partial charge < -0.3 is 36.3 Å². The number of nitrogens with zero attached hydrogens (tertiary/aromatic N) is 1. The molecule has 4 rings (SSSR count). The molecule has 0 spiro atoms. The van der Waals surface area contributed by atoms with Crippen LogP contribution in [0.25, 0.3) is 10.9 Å². The van der Waals surface area contributed by atoms with Crippen molar-refractivity contribution in [2.24, 2.45) is 5.73 Å². The molecule has 3 atom stereocenters. The molecule has 2 aromatic carbocycles. The van der Waals surface area contributed by atoms with E-state index in [9.17, 15) is 19.2 Å².